The van der Waals surface area contributed by atoms with Crippen molar-refractivity contribution in [2.75, 3.05) is 0 Å². The molecular weight excluding hydrogens is 470 g/mol. The van der Waals surface area contributed by atoms with Gasteiger partial charge in [0.05, 0.1) is 5.56 Å². The molecule has 0 aromatic heterocycles. The molecule has 0 spiro atoms. The zero-order valence-electron chi connectivity index (χ0n) is 16.0. The normalized spacial score (nSPS) is 27.7. The maximum atomic E-state index is 13.3. The molecule has 3 aliphatic carbocycles. The molecule has 170 valence electrons. The van der Waals surface area contributed by atoms with Gasteiger partial charge >= 0.3 is 0 Å². The monoisotopic (exact) mass is 485 g/mol. The molecule has 3 atom stereocenters. The highest BCUT2D eigenvalue weighted by Crippen LogP contribution is 2.53. The number of benzene rings is 1. The van der Waals surface area contributed by atoms with Gasteiger partial charge in [0.1, 0.15) is 27.7 Å². The van der Waals surface area contributed by atoms with Crippen LogP contribution in [0.3, 0.4) is 0 Å². The summed E-state index contributed by atoms with van der Waals surface area (Å²) < 4.78 is 32.5. The second-order valence-corrected chi connectivity index (χ2v) is 9.74. The Hall–Kier alpha value is -2.93. The van der Waals surface area contributed by atoms with Gasteiger partial charge in [-0.05, 0) is 30.4 Å². The van der Waals surface area contributed by atoms with Crippen LogP contribution in [0.5, 0.6) is 5.75 Å². The molecule has 0 bridgehead atoms. The third kappa shape index (κ3) is 2.80. The number of ketones is 2. The first-order chi connectivity index (χ1) is 14.7. The van der Waals surface area contributed by atoms with Crippen molar-refractivity contribution in [1.82, 2.24) is 0 Å². The lowest BCUT2D eigenvalue weighted by atomic mass is 9.59. The van der Waals surface area contributed by atoms with E-state index in [1.165, 1.54) is 0 Å². The second-order valence-electron chi connectivity index (χ2n) is 7.94. The SMILES string of the molecule is NC(=O)C1=C(O)[C@@]2(O)C(=O)C3=C(O)c4c(O)c(S(=O)(=O)O)cc(Cl)c4CC3C[C@H]2CC1=O. The summed E-state index contributed by atoms with van der Waals surface area (Å²) in [7, 11) is -4.96. The Kier molecular flexibility index (Phi) is 4.72. The number of rotatable bonds is 2. The van der Waals surface area contributed by atoms with E-state index in [1.54, 1.807) is 0 Å². The lowest BCUT2D eigenvalue weighted by Crippen LogP contribution is -2.58. The van der Waals surface area contributed by atoms with Gasteiger partial charge in [-0.2, -0.15) is 8.42 Å². The summed E-state index contributed by atoms with van der Waals surface area (Å²) in [6, 6.07) is 0.794. The third-order valence-corrected chi connectivity index (χ3v) is 7.46. The first-order valence-corrected chi connectivity index (χ1v) is 11.0. The fourth-order valence-corrected chi connectivity index (χ4v) is 5.78. The number of halogens is 1. The molecule has 3 aliphatic rings. The number of phenols is 1. The van der Waals surface area contributed by atoms with Gasteiger partial charge in [0.25, 0.3) is 16.0 Å². The van der Waals surface area contributed by atoms with Gasteiger partial charge in [-0.15, -0.1) is 0 Å². The number of phenolic OH excluding ortho intramolecular Hbond substituents is 1. The summed E-state index contributed by atoms with van der Waals surface area (Å²) in [5, 5.41) is 42.6. The van der Waals surface area contributed by atoms with E-state index in [4.69, 9.17) is 17.3 Å². The maximum Gasteiger partial charge on any atom is 0.298 e. The van der Waals surface area contributed by atoms with Crippen molar-refractivity contribution in [3.8, 4) is 5.75 Å². The van der Waals surface area contributed by atoms with Gasteiger partial charge in [0, 0.05) is 22.9 Å². The molecule has 13 heteroatoms. The van der Waals surface area contributed by atoms with Gasteiger partial charge in [-0.3, -0.25) is 18.9 Å². The number of carbonyl (C=O) groups excluding carboxylic acids is 3. The summed E-state index contributed by atoms with van der Waals surface area (Å²) in [6.07, 6.45) is -0.657. The standard InChI is InChI=1S/C19H16ClNO10S/c20-8-4-10(32(29,30)31)14(23)12-7(8)2-5-1-6-3-9(22)13(18(21)27)17(26)19(6,28)16(25)11(5)15(12)24/h4-6,23-24,26,28H,1-3H2,(H2,21,27)(H,29,30,31)/t5?,6-,19-/m0/s1. The zero-order chi connectivity index (χ0) is 23.9. The van der Waals surface area contributed by atoms with Crippen molar-refractivity contribution in [1.29, 1.82) is 0 Å². The molecule has 1 aromatic rings. The fourth-order valence-electron chi connectivity index (χ4n) is 4.82. The highest BCUT2D eigenvalue weighted by atomic mass is 35.5. The molecule has 0 radical (unpaired) electrons. The van der Waals surface area contributed by atoms with Crippen molar-refractivity contribution in [2.24, 2.45) is 17.6 Å². The molecule has 11 nitrogen and oxygen atoms in total. The Bertz CT molecular complexity index is 1310. The van der Waals surface area contributed by atoms with Crippen LogP contribution in [0.15, 0.2) is 27.9 Å². The lowest BCUT2D eigenvalue weighted by Gasteiger charge is -2.46. The van der Waals surface area contributed by atoms with Crippen LogP contribution in [0.1, 0.15) is 24.0 Å². The topological polar surface area (TPSA) is 213 Å². The molecule has 1 amide bonds. The number of aromatic hydroxyl groups is 1. The van der Waals surface area contributed by atoms with E-state index in [2.05, 4.69) is 0 Å². The van der Waals surface area contributed by atoms with E-state index in [0.29, 0.717) is 0 Å². The number of Topliss-reactive ketones (excluding diaryl/α,β-unsaturated/α-hetero) is 2. The van der Waals surface area contributed by atoms with E-state index in [1.807, 2.05) is 0 Å². The largest absolute Gasteiger partial charge is 0.508 e. The Labute approximate surface area is 185 Å². The summed E-state index contributed by atoms with van der Waals surface area (Å²) >= 11 is 6.12. The first-order valence-electron chi connectivity index (χ1n) is 9.20. The zero-order valence-corrected chi connectivity index (χ0v) is 17.6. The van der Waals surface area contributed by atoms with Crippen molar-refractivity contribution in [3.63, 3.8) is 0 Å². The number of hydrogen-bond acceptors (Lipinski definition) is 9. The number of aliphatic hydroxyl groups is 3. The fraction of sp³-hybridized carbons (Fsp3) is 0.316. The predicted octanol–water partition coefficient (Wildman–Crippen LogP) is 0.324. The van der Waals surface area contributed by atoms with E-state index in [-0.39, 0.29) is 23.4 Å². The van der Waals surface area contributed by atoms with Crippen LogP contribution < -0.4 is 5.73 Å². The Morgan fingerprint density at radius 3 is 2.38 bits per heavy atom. The van der Waals surface area contributed by atoms with Crippen LogP contribution >= 0.6 is 11.6 Å². The van der Waals surface area contributed by atoms with Crippen LogP contribution in [0.25, 0.3) is 5.76 Å². The van der Waals surface area contributed by atoms with Crippen LogP contribution in [0, 0.1) is 11.8 Å². The average molecular weight is 486 g/mol. The van der Waals surface area contributed by atoms with Crippen LogP contribution in [-0.4, -0.2) is 56.5 Å². The number of hydrogen-bond donors (Lipinski definition) is 6. The maximum absolute atomic E-state index is 13.3. The van der Waals surface area contributed by atoms with Crippen molar-refractivity contribution >= 4 is 45.0 Å². The molecule has 0 heterocycles. The number of amides is 1. The molecule has 4 rings (SSSR count). The molecule has 1 fully saturated rings. The van der Waals surface area contributed by atoms with Crippen molar-refractivity contribution in [3.05, 3.63) is 39.1 Å². The number of primary amides is 1. The molecule has 7 N–H and O–H groups in total. The molecule has 1 aromatic carbocycles. The quantitative estimate of drug-likeness (QED) is 0.249. The Morgan fingerprint density at radius 1 is 1.19 bits per heavy atom. The van der Waals surface area contributed by atoms with Gasteiger partial charge in [0.2, 0.25) is 5.78 Å². The number of aliphatic hydroxyl groups excluding tert-OH is 2. The van der Waals surface area contributed by atoms with Crippen molar-refractivity contribution < 1.29 is 47.8 Å². The summed E-state index contributed by atoms with van der Waals surface area (Å²) in [6.45, 7) is 0. The Morgan fingerprint density at radius 2 is 1.81 bits per heavy atom. The van der Waals surface area contributed by atoms with E-state index >= 15 is 0 Å². The van der Waals surface area contributed by atoms with E-state index < -0.39 is 90.3 Å². The minimum Gasteiger partial charge on any atom is -0.508 e. The Balaban J connectivity index is 1.99. The molecule has 32 heavy (non-hydrogen) atoms. The first kappa shape index (κ1) is 22.3. The van der Waals surface area contributed by atoms with Gasteiger partial charge in [-0.1, -0.05) is 11.6 Å². The molecule has 1 saturated carbocycles. The van der Waals surface area contributed by atoms with Gasteiger partial charge in [-0.25, -0.2) is 0 Å². The number of fused-ring (bicyclic) bond motifs is 3. The second kappa shape index (κ2) is 6.78. The lowest BCUT2D eigenvalue weighted by molar-refractivity contribution is -0.147. The summed E-state index contributed by atoms with van der Waals surface area (Å²) in [4.78, 5) is 36.1. The summed E-state index contributed by atoms with van der Waals surface area (Å²) in [5.74, 6) is -8.59. The van der Waals surface area contributed by atoms with Crippen LogP contribution in [0.4, 0.5) is 0 Å². The predicted molar refractivity (Wildman–Crippen MR) is 106 cm³/mol. The number of nitrogens with two attached hydrogens (primary N) is 1. The number of carbonyl (C=O) groups is 3. The van der Waals surface area contributed by atoms with E-state index in [0.717, 1.165) is 6.07 Å². The minimum atomic E-state index is -4.96. The molecule has 0 saturated heterocycles. The molecule has 0 aliphatic heterocycles. The highest BCUT2D eigenvalue weighted by molar-refractivity contribution is 7.86. The average Bonchev–Trinajstić information content (AvgIpc) is 2.66. The smallest absolute Gasteiger partial charge is 0.298 e. The van der Waals surface area contributed by atoms with Gasteiger partial charge < -0.3 is 26.2 Å². The van der Waals surface area contributed by atoms with E-state index in [9.17, 15) is 47.8 Å². The third-order valence-electron chi connectivity index (χ3n) is 6.25. The van der Waals surface area contributed by atoms with Crippen molar-refractivity contribution in [2.45, 2.75) is 29.8 Å². The summed E-state index contributed by atoms with van der Waals surface area (Å²) in [5.41, 5.74) is 0.531. The molecule has 1 unspecified atom stereocenters. The molecular formula is C19H16ClNO10S. The van der Waals surface area contributed by atoms with Crippen LogP contribution in [-0.2, 0) is 30.9 Å². The van der Waals surface area contributed by atoms with Gasteiger partial charge in [0.15, 0.2) is 11.4 Å². The minimum absolute atomic E-state index is 0.0841. The van der Waals surface area contributed by atoms with Crippen LogP contribution in [0.2, 0.25) is 5.02 Å². The highest BCUT2D eigenvalue weighted by Gasteiger charge is 2.60.